The van der Waals surface area contributed by atoms with Crippen LogP contribution in [0, 0.1) is 6.92 Å². The standard InChI is InChI=1S/C19H21N3O3/c1-13-15-7-3-8-16(24-2)18(15)25-17(13)19(23)22-11-4-6-14(22)12-21-10-5-9-20-21/h3,5,7-10,14H,4,6,11-12H2,1-2H3/t14-/m0/s1. The fourth-order valence-corrected chi connectivity index (χ4v) is 3.63. The molecule has 1 saturated heterocycles. The zero-order valence-corrected chi connectivity index (χ0v) is 14.4. The minimum absolute atomic E-state index is 0.0505. The molecule has 4 rings (SSSR count). The lowest BCUT2D eigenvalue weighted by Crippen LogP contribution is -2.38. The molecule has 1 atom stereocenters. The molecule has 0 aliphatic carbocycles. The third-order valence-electron chi connectivity index (χ3n) is 4.94. The van der Waals surface area contributed by atoms with Crippen LogP contribution in [0.1, 0.15) is 29.0 Å². The molecular formula is C19H21N3O3. The van der Waals surface area contributed by atoms with E-state index >= 15 is 0 Å². The predicted octanol–water partition coefficient (Wildman–Crippen LogP) is 3.25. The molecule has 3 aromatic rings. The number of hydrogen-bond donors (Lipinski definition) is 0. The van der Waals surface area contributed by atoms with Gasteiger partial charge in [-0.05, 0) is 31.9 Å². The van der Waals surface area contributed by atoms with Gasteiger partial charge in [0.25, 0.3) is 5.91 Å². The molecule has 0 spiro atoms. The lowest BCUT2D eigenvalue weighted by atomic mass is 10.1. The molecule has 1 amide bonds. The summed E-state index contributed by atoms with van der Waals surface area (Å²) >= 11 is 0. The van der Waals surface area contributed by atoms with Gasteiger partial charge < -0.3 is 14.1 Å². The molecule has 1 aliphatic rings. The molecule has 1 fully saturated rings. The maximum atomic E-state index is 13.1. The van der Waals surface area contributed by atoms with Gasteiger partial charge in [-0.2, -0.15) is 5.10 Å². The van der Waals surface area contributed by atoms with Crippen molar-refractivity contribution >= 4 is 16.9 Å². The molecule has 0 saturated carbocycles. The van der Waals surface area contributed by atoms with E-state index in [1.54, 1.807) is 13.3 Å². The SMILES string of the molecule is COc1cccc2c(C)c(C(=O)N3CCC[C@H]3Cn3cccn3)oc12. The molecular weight excluding hydrogens is 318 g/mol. The van der Waals surface area contributed by atoms with Gasteiger partial charge in [-0.3, -0.25) is 9.48 Å². The summed E-state index contributed by atoms with van der Waals surface area (Å²) in [6.45, 7) is 3.39. The van der Waals surface area contributed by atoms with E-state index in [2.05, 4.69) is 5.10 Å². The van der Waals surface area contributed by atoms with E-state index < -0.39 is 0 Å². The maximum Gasteiger partial charge on any atom is 0.290 e. The molecule has 25 heavy (non-hydrogen) atoms. The Hall–Kier alpha value is -2.76. The molecule has 0 radical (unpaired) electrons. The molecule has 2 aromatic heterocycles. The number of rotatable bonds is 4. The van der Waals surface area contributed by atoms with E-state index in [1.165, 1.54) is 0 Å². The van der Waals surface area contributed by atoms with Crippen molar-refractivity contribution in [3.8, 4) is 5.75 Å². The van der Waals surface area contributed by atoms with E-state index in [9.17, 15) is 4.79 Å². The van der Waals surface area contributed by atoms with Crippen LogP contribution in [-0.2, 0) is 6.54 Å². The number of methoxy groups -OCH3 is 1. The molecule has 6 nitrogen and oxygen atoms in total. The summed E-state index contributed by atoms with van der Waals surface area (Å²) in [6.07, 6.45) is 5.67. The number of likely N-dealkylation sites (tertiary alicyclic amines) is 1. The van der Waals surface area contributed by atoms with Crippen LogP contribution in [-0.4, -0.2) is 40.3 Å². The van der Waals surface area contributed by atoms with Crippen molar-refractivity contribution in [3.05, 3.63) is 48.0 Å². The predicted molar refractivity (Wildman–Crippen MR) is 93.8 cm³/mol. The van der Waals surface area contributed by atoms with E-state index in [0.717, 1.165) is 30.3 Å². The first kappa shape index (κ1) is 15.7. The van der Waals surface area contributed by atoms with Crippen molar-refractivity contribution in [3.63, 3.8) is 0 Å². The second kappa shape index (κ2) is 6.27. The van der Waals surface area contributed by atoms with Crippen molar-refractivity contribution in [1.29, 1.82) is 0 Å². The zero-order valence-electron chi connectivity index (χ0n) is 14.4. The number of benzene rings is 1. The lowest BCUT2D eigenvalue weighted by Gasteiger charge is -2.24. The number of furan rings is 1. The van der Waals surface area contributed by atoms with Gasteiger partial charge in [0.15, 0.2) is 17.1 Å². The third kappa shape index (κ3) is 2.67. The van der Waals surface area contributed by atoms with Gasteiger partial charge in [0.1, 0.15) is 0 Å². The highest BCUT2D eigenvalue weighted by atomic mass is 16.5. The van der Waals surface area contributed by atoms with Gasteiger partial charge in [-0.1, -0.05) is 12.1 Å². The molecule has 0 bridgehead atoms. The van der Waals surface area contributed by atoms with Crippen molar-refractivity contribution in [2.75, 3.05) is 13.7 Å². The lowest BCUT2D eigenvalue weighted by molar-refractivity contribution is 0.0690. The van der Waals surface area contributed by atoms with Crippen LogP contribution in [0.3, 0.4) is 0 Å². The first-order valence-electron chi connectivity index (χ1n) is 8.53. The Morgan fingerprint density at radius 3 is 3.04 bits per heavy atom. The van der Waals surface area contributed by atoms with Crippen LogP contribution in [0.2, 0.25) is 0 Å². The van der Waals surface area contributed by atoms with Crippen molar-refractivity contribution in [2.45, 2.75) is 32.4 Å². The van der Waals surface area contributed by atoms with Gasteiger partial charge in [-0.25, -0.2) is 0 Å². The summed E-state index contributed by atoms with van der Waals surface area (Å²) in [5.41, 5.74) is 1.50. The average Bonchev–Trinajstić information content (AvgIpc) is 3.36. The first-order chi connectivity index (χ1) is 12.2. The number of carbonyl (C=O) groups is 1. The summed E-state index contributed by atoms with van der Waals surface area (Å²) in [6, 6.07) is 7.75. The smallest absolute Gasteiger partial charge is 0.290 e. The summed E-state index contributed by atoms with van der Waals surface area (Å²) in [4.78, 5) is 15.1. The van der Waals surface area contributed by atoms with Crippen LogP contribution >= 0.6 is 0 Å². The minimum Gasteiger partial charge on any atom is -0.493 e. The Morgan fingerprint density at radius 2 is 2.28 bits per heavy atom. The molecule has 1 aliphatic heterocycles. The zero-order chi connectivity index (χ0) is 17.4. The van der Waals surface area contributed by atoms with Crippen LogP contribution in [0.15, 0.2) is 41.1 Å². The van der Waals surface area contributed by atoms with Crippen LogP contribution in [0.5, 0.6) is 5.75 Å². The number of amides is 1. The monoisotopic (exact) mass is 339 g/mol. The first-order valence-corrected chi connectivity index (χ1v) is 8.53. The third-order valence-corrected chi connectivity index (χ3v) is 4.94. The molecule has 0 N–H and O–H groups in total. The van der Waals surface area contributed by atoms with E-state index in [-0.39, 0.29) is 11.9 Å². The van der Waals surface area contributed by atoms with Gasteiger partial charge in [0.2, 0.25) is 0 Å². The van der Waals surface area contributed by atoms with E-state index in [4.69, 9.17) is 9.15 Å². The van der Waals surface area contributed by atoms with Crippen molar-refractivity contribution in [1.82, 2.24) is 14.7 Å². The number of carbonyl (C=O) groups excluding carboxylic acids is 1. The molecule has 3 heterocycles. The van der Waals surface area contributed by atoms with Crippen LogP contribution in [0.25, 0.3) is 11.0 Å². The number of fused-ring (bicyclic) bond motifs is 1. The Bertz CT molecular complexity index is 898. The number of hydrogen-bond acceptors (Lipinski definition) is 4. The highest BCUT2D eigenvalue weighted by Gasteiger charge is 2.33. The minimum atomic E-state index is -0.0505. The summed E-state index contributed by atoms with van der Waals surface area (Å²) in [5, 5.41) is 5.18. The summed E-state index contributed by atoms with van der Waals surface area (Å²) in [5.74, 6) is 1.01. The Morgan fingerprint density at radius 1 is 1.40 bits per heavy atom. The maximum absolute atomic E-state index is 13.1. The highest BCUT2D eigenvalue weighted by molar-refractivity contribution is 6.00. The average molecular weight is 339 g/mol. The van der Waals surface area contributed by atoms with Crippen molar-refractivity contribution < 1.29 is 13.9 Å². The van der Waals surface area contributed by atoms with Gasteiger partial charge >= 0.3 is 0 Å². The second-order valence-corrected chi connectivity index (χ2v) is 6.42. The van der Waals surface area contributed by atoms with E-state index in [1.807, 2.05) is 47.0 Å². The largest absolute Gasteiger partial charge is 0.493 e. The van der Waals surface area contributed by atoms with Crippen LogP contribution in [0.4, 0.5) is 0 Å². The Labute approximate surface area is 146 Å². The number of nitrogens with zero attached hydrogens (tertiary/aromatic N) is 3. The quantitative estimate of drug-likeness (QED) is 0.732. The van der Waals surface area contributed by atoms with Gasteiger partial charge in [0.05, 0.1) is 19.7 Å². The highest BCUT2D eigenvalue weighted by Crippen LogP contribution is 2.34. The second-order valence-electron chi connectivity index (χ2n) is 6.42. The van der Waals surface area contributed by atoms with Crippen molar-refractivity contribution in [2.24, 2.45) is 0 Å². The summed E-state index contributed by atoms with van der Waals surface area (Å²) in [7, 11) is 1.61. The molecule has 0 unspecified atom stereocenters. The number of aromatic nitrogens is 2. The molecule has 130 valence electrons. The topological polar surface area (TPSA) is 60.5 Å². The number of para-hydroxylation sites is 1. The van der Waals surface area contributed by atoms with Gasteiger partial charge in [-0.15, -0.1) is 0 Å². The summed E-state index contributed by atoms with van der Waals surface area (Å²) < 4.78 is 13.2. The molecule has 1 aromatic carbocycles. The Kier molecular flexibility index (Phi) is 3.95. The fraction of sp³-hybridized carbons (Fsp3) is 0.368. The fourth-order valence-electron chi connectivity index (χ4n) is 3.63. The van der Waals surface area contributed by atoms with E-state index in [0.29, 0.717) is 23.6 Å². The van der Waals surface area contributed by atoms with Gasteiger partial charge in [0, 0.05) is 29.9 Å². The number of ether oxygens (including phenoxy) is 1. The normalized spacial score (nSPS) is 17.4. The molecule has 6 heteroatoms. The number of aryl methyl sites for hydroxylation is 1. The van der Waals surface area contributed by atoms with Crippen LogP contribution < -0.4 is 4.74 Å². The Balaban J connectivity index is 1.66.